The summed E-state index contributed by atoms with van der Waals surface area (Å²) in [7, 11) is 0. The van der Waals surface area contributed by atoms with Crippen molar-refractivity contribution in [2.45, 2.75) is 13.0 Å². The van der Waals surface area contributed by atoms with Gasteiger partial charge in [0.2, 0.25) is 0 Å². The number of nitrogens with one attached hydrogen (secondary N) is 2. The summed E-state index contributed by atoms with van der Waals surface area (Å²) in [6.45, 7) is 1.67. The first-order valence-corrected chi connectivity index (χ1v) is 7.09. The van der Waals surface area contributed by atoms with Gasteiger partial charge in [0.05, 0.1) is 5.69 Å². The van der Waals surface area contributed by atoms with Crippen molar-refractivity contribution in [1.29, 1.82) is 0 Å². The van der Waals surface area contributed by atoms with Crippen LogP contribution in [0.1, 0.15) is 17.3 Å². The maximum Gasteiger partial charge on any atom is 0.265 e. The molecule has 0 aliphatic carbocycles. The molecule has 6 heteroatoms. The lowest BCUT2D eigenvalue weighted by molar-refractivity contribution is -0.122. The highest BCUT2D eigenvalue weighted by Crippen LogP contribution is 2.32. The standard InChI is InChI=1S/C16H13ClN2O3/c1-9-15(20)19-13-8-12(5-6-14(13)22-9)18-16(21)10-3-2-4-11(17)7-10/h2-9H,1H3,(H,18,21)(H,19,20)/t9-/m0/s1. The first-order valence-electron chi connectivity index (χ1n) is 6.71. The van der Waals surface area contributed by atoms with E-state index in [2.05, 4.69) is 10.6 Å². The average molecular weight is 317 g/mol. The van der Waals surface area contributed by atoms with Gasteiger partial charge in [-0.1, -0.05) is 17.7 Å². The first kappa shape index (κ1) is 14.4. The lowest BCUT2D eigenvalue weighted by Crippen LogP contribution is -2.34. The zero-order valence-corrected chi connectivity index (χ0v) is 12.5. The summed E-state index contributed by atoms with van der Waals surface area (Å²) in [6.07, 6.45) is -0.528. The predicted molar refractivity (Wildman–Crippen MR) is 84.6 cm³/mol. The molecule has 2 amide bonds. The Morgan fingerprint density at radius 3 is 2.86 bits per heavy atom. The number of rotatable bonds is 2. The maximum absolute atomic E-state index is 12.2. The lowest BCUT2D eigenvalue weighted by atomic mass is 10.2. The van der Waals surface area contributed by atoms with Gasteiger partial charge in [0.25, 0.3) is 11.8 Å². The summed E-state index contributed by atoms with van der Waals surface area (Å²) < 4.78 is 5.46. The number of amides is 2. The Labute approximate surface area is 132 Å². The number of halogens is 1. The largest absolute Gasteiger partial charge is 0.479 e. The molecule has 5 nitrogen and oxygen atoms in total. The molecular formula is C16H13ClN2O3. The number of ether oxygens (including phenoxy) is 1. The molecule has 1 aliphatic heterocycles. The minimum atomic E-state index is -0.528. The second-order valence-corrected chi connectivity index (χ2v) is 5.36. The van der Waals surface area contributed by atoms with Crippen molar-refractivity contribution >= 4 is 34.8 Å². The van der Waals surface area contributed by atoms with Gasteiger partial charge in [-0.3, -0.25) is 9.59 Å². The van der Waals surface area contributed by atoms with E-state index in [1.54, 1.807) is 49.4 Å². The number of hydrogen-bond donors (Lipinski definition) is 2. The summed E-state index contributed by atoms with van der Waals surface area (Å²) in [5, 5.41) is 5.99. The van der Waals surface area contributed by atoms with Gasteiger partial charge in [-0.25, -0.2) is 0 Å². The molecule has 0 bridgehead atoms. The molecule has 22 heavy (non-hydrogen) atoms. The smallest absolute Gasteiger partial charge is 0.265 e. The van der Waals surface area contributed by atoms with E-state index in [4.69, 9.17) is 16.3 Å². The molecule has 1 aliphatic rings. The van der Waals surface area contributed by atoms with Crippen LogP contribution in [0, 0.1) is 0 Å². The van der Waals surface area contributed by atoms with Gasteiger partial charge < -0.3 is 15.4 Å². The van der Waals surface area contributed by atoms with Crippen molar-refractivity contribution in [1.82, 2.24) is 0 Å². The number of anilines is 2. The third kappa shape index (κ3) is 2.89. The Hall–Kier alpha value is -2.53. The third-order valence-corrected chi connectivity index (χ3v) is 3.49. The lowest BCUT2D eigenvalue weighted by Gasteiger charge is -2.23. The monoisotopic (exact) mass is 316 g/mol. The van der Waals surface area contributed by atoms with E-state index in [-0.39, 0.29) is 11.8 Å². The van der Waals surface area contributed by atoms with Crippen LogP contribution in [0.15, 0.2) is 42.5 Å². The van der Waals surface area contributed by atoms with E-state index < -0.39 is 6.10 Å². The fourth-order valence-electron chi connectivity index (χ4n) is 2.12. The Kier molecular flexibility index (Phi) is 3.73. The van der Waals surface area contributed by atoms with Gasteiger partial charge in [-0.05, 0) is 43.3 Å². The molecule has 0 spiro atoms. The van der Waals surface area contributed by atoms with Gasteiger partial charge in [0, 0.05) is 16.3 Å². The van der Waals surface area contributed by atoms with Crippen LogP contribution in [0.4, 0.5) is 11.4 Å². The highest BCUT2D eigenvalue weighted by Gasteiger charge is 2.23. The minimum Gasteiger partial charge on any atom is -0.479 e. The molecule has 112 valence electrons. The van der Waals surface area contributed by atoms with E-state index in [0.29, 0.717) is 27.7 Å². The second kappa shape index (κ2) is 5.69. The topological polar surface area (TPSA) is 67.4 Å². The Balaban J connectivity index is 1.80. The summed E-state index contributed by atoms with van der Waals surface area (Å²) in [5.74, 6) is 0.0811. The number of carbonyl (C=O) groups is 2. The van der Waals surface area contributed by atoms with Crippen molar-refractivity contribution < 1.29 is 14.3 Å². The van der Waals surface area contributed by atoms with Crippen LogP contribution < -0.4 is 15.4 Å². The highest BCUT2D eigenvalue weighted by molar-refractivity contribution is 6.31. The molecule has 0 fully saturated rings. The Morgan fingerprint density at radius 2 is 2.09 bits per heavy atom. The molecule has 3 rings (SSSR count). The third-order valence-electron chi connectivity index (χ3n) is 3.26. The fourth-order valence-corrected chi connectivity index (χ4v) is 2.31. The molecule has 0 aromatic heterocycles. The van der Waals surface area contributed by atoms with Gasteiger partial charge in [0.1, 0.15) is 5.75 Å². The molecule has 1 heterocycles. The molecule has 0 radical (unpaired) electrons. The molecule has 2 aromatic rings. The van der Waals surface area contributed by atoms with Crippen molar-refractivity contribution in [2.24, 2.45) is 0 Å². The van der Waals surface area contributed by atoms with E-state index in [1.807, 2.05) is 0 Å². The number of carbonyl (C=O) groups excluding carboxylic acids is 2. The molecule has 0 saturated heterocycles. The van der Waals surface area contributed by atoms with Crippen LogP contribution in [-0.4, -0.2) is 17.9 Å². The van der Waals surface area contributed by atoms with Gasteiger partial charge in [-0.2, -0.15) is 0 Å². The van der Waals surface area contributed by atoms with Crippen LogP contribution in [0.5, 0.6) is 5.75 Å². The number of hydrogen-bond acceptors (Lipinski definition) is 3. The van der Waals surface area contributed by atoms with Crippen molar-refractivity contribution in [3.8, 4) is 5.75 Å². The van der Waals surface area contributed by atoms with Crippen molar-refractivity contribution in [2.75, 3.05) is 10.6 Å². The Morgan fingerprint density at radius 1 is 1.27 bits per heavy atom. The summed E-state index contributed by atoms with van der Waals surface area (Å²) in [5.41, 5.74) is 1.55. The SMILES string of the molecule is C[C@@H]1Oc2ccc(NC(=O)c3cccc(Cl)c3)cc2NC1=O. The van der Waals surface area contributed by atoms with Crippen LogP contribution in [0.25, 0.3) is 0 Å². The van der Waals surface area contributed by atoms with E-state index in [9.17, 15) is 9.59 Å². The zero-order chi connectivity index (χ0) is 15.7. The second-order valence-electron chi connectivity index (χ2n) is 4.92. The predicted octanol–water partition coefficient (Wildman–Crippen LogP) is 3.31. The molecule has 1 atom stereocenters. The molecule has 2 aromatic carbocycles. The summed E-state index contributed by atoms with van der Waals surface area (Å²) in [6, 6.07) is 11.7. The molecular weight excluding hydrogens is 304 g/mol. The van der Waals surface area contributed by atoms with E-state index in [1.165, 1.54) is 0 Å². The normalized spacial score (nSPS) is 16.3. The minimum absolute atomic E-state index is 0.217. The highest BCUT2D eigenvalue weighted by atomic mass is 35.5. The van der Waals surface area contributed by atoms with E-state index in [0.717, 1.165) is 0 Å². The van der Waals surface area contributed by atoms with Crippen LogP contribution in [-0.2, 0) is 4.79 Å². The molecule has 0 saturated carbocycles. The summed E-state index contributed by atoms with van der Waals surface area (Å²) >= 11 is 5.87. The van der Waals surface area contributed by atoms with Crippen LogP contribution in [0.2, 0.25) is 5.02 Å². The van der Waals surface area contributed by atoms with E-state index >= 15 is 0 Å². The van der Waals surface area contributed by atoms with Crippen molar-refractivity contribution in [3.05, 3.63) is 53.1 Å². The van der Waals surface area contributed by atoms with Gasteiger partial charge >= 0.3 is 0 Å². The average Bonchev–Trinajstić information content (AvgIpc) is 2.49. The maximum atomic E-state index is 12.2. The zero-order valence-electron chi connectivity index (χ0n) is 11.7. The molecule has 2 N–H and O–H groups in total. The Bertz CT molecular complexity index is 761. The fraction of sp³-hybridized carbons (Fsp3) is 0.125. The first-order chi connectivity index (χ1) is 10.5. The number of benzene rings is 2. The van der Waals surface area contributed by atoms with Gasteiger partial charge in [-0.15, -0.1) is 0 Å². The number of fused-ring (bicyclic) bond motifs is 1. The van der Waals surface area contributed by atoms with Crippen molar-refractivity contribution in [3.63, 3.8) is 0 Å². The van der Waals surface area contributed by atoms with Gasteiger partial charge in [0.15, 0.2) is 6.10 Å². The summed E-state index contributed by atoms with van der Waals surface area (Å²) in [4.78, 5) is 23.8. The van der Waals surface area contributed by atoms with Crippen LogP contribution >= 0.6 is 11.6 Å². The quantitative estimate of drug-likeness (QED) is 0.893. The molecule has 0 unspecified atom stereocenters. The van der Waals surface area contributed by atoms with Crippen LogP contribution in [0.3, 0.4) is 0 Å².